The molecular formula is C16H32N2. The molecule has 0 aromatic heterocycles. The summed E-state index contributed by atoms with van der Waals surface area (Å²) in [6, 6.07) is 0.932. The number of nitrogens with zero attached hydrogens (tertiary/aromatic N) is 1. The fraction of sp³-hybridized carbons (Fsp3) is 1.00. The number of hydrogen-bond acceptors (Lipinski definition) is 2. The summed E-state index contributed by atoms with van der Waals surface area (Å²) in [7, 11) is 0. The van der Waals surface area contributed by atoms with Gasteiger partial charge in [-0.25, -0.2) is 0 Å². The standard InChI is InChI=1S/C16H32N2/c1-3-10-17-12-14(2)13-18-11-6-8-15-7-4-5-9-16(15)18/h14-17H,3-13H2,1-2H3/t14?,15-,16-/m1/s1. The van der Waals surface area contributed by atoms with Crippen LogP contribution in [0.25, 0.3) is 0 Å². The van der Waals surface area contributed by atoms with Crippen LogP contribution in [-0.2, 0) is 0 Å². The van der Waals surface area contributed by atoms with E-state index in [2.05, 4.69) is 24.1 Å². The van der Waals surface area contributed by atoms with Crippen LogP contribution in [0.15, 0.2) is 0 Å². The lowest BCUT2D eigenvalue weighted by Crippen LogP contribution is -2.49. The van der Waals surface area contributed by atoms with Crippen LogP contribution in [0, 0.1) is 11.8 Å². The van der Waals surface area contributed by atoms with Crippen molar-refractivity contribution in [3.63, 3.8) is 0 Å². The number of piperidine rings is 1. The summed E-state index contributed by atoms with van der Waals surface area (Å²) in [5, 5.41) is 3.57. The molecule has 18 heavy (non-hydrogen) atoms. The topological polar surface area (TPSA) is 15.3 Å². The maximum atomic E-state index is 3.57. The Kier molecular flexibility index (Phi) is 5.97. The van der Waals surface area contributed by atoms with Crippen LogP contribution in [0.4, 0.5) is 0 Å². The lowest BCUT2D eigenvalue weighted by Gasteiger charge is -2.45. The average molecular weight is 252 g/mol. The molecule has 0 aromatic rings. The molecule has 1 heterocycles. The van der Waals surface area contributed by atoms with E-state index in [0.717, 1.165) is 17.9 Å². The fourth-order valence-corrected chi connectivity index (χ4v) is 3.94. The normalized spacial score (nSPS) is 31.0. The third kappa shape index (κ3) is 3.96. The van der Waals surface area contributed by atoms with E-state index >= 15 is 0 Å². The monoisotopic (exact) mass is 252 g/mol. The summed E-state index contributed by atoms with van der Waals surface area (Å²) < 4.78 is 0. The van der Waals surface area contributed by atoms with Gasteiger partial charge in [0.1, 0.15) is 0 Å². The van der Waals surface area contributed by atoms with E-state index in [1.807, 2.05) is 0 Å². The highest BCUT2D eigenvalue weighted by molar-refractivity contribution is 4.87. The molecule has 1 unspecified atom stereocenters. The molecule has 1 N–H and O–H groups in total. The van der Waals surface area contributed by atoms with Gasteiger partial charge >= 0.3 is 0 Å². The number of hydrogen-bond donors (Lipinski definition) is 1. The molecular weight excluding hydrogens is 220 g/mol. The van der Waals surface area contributed by atoms with Gasteiger partial charge in [-0.05, 0) is 63.6 Å². The third-order valence-corrected chi connectivity index (χ3v) is 4.82. The van der Waals surface area contributed by atoms with Gasteiger partial charge in [-0.2, -0.15) is 0 Å². The van der Waals surface area contributed by atoms with Gasteiger partial charge in [0.2, 0.25) is 0 Å². The summed E-state index contributed by atoms with van der Waals surface area (Å²) in [6.45, 7) is 9.71. The van der Waals surface area contributed by atoms with Crippen molar-refractivity contribution in [1.29, 1.82) is 0 Å². The van der Waals surface area contributed by atoms with Crippen LogP contribution < -0.4 is 5.32 Å². The maximum absolute atomic E-state index is 3.57. The zero-order valence-electron chi connectivity index (χ0n) is 12.5. The van der Waals surface area contributed by atoms with Crippen LogP contribution in [0.2, 0.25) is 0 Å². The van der Waals surface area contributed by atoms with Crippen LogP contribution in [-0.4, -0.2) is 37.1 Å². The molecule has 0 aromatic carbocycles. The minimum Gasteiger partial charge on any atom is -0.316 e. The highest BCUT2D eigenvalue weighted by Crippen LogP contribution is 2.35. The zero-order valence-corrected chi connectivity index (χ0v) is 12.5. The minimum absolute atomic E-state index is 0.803. The van der Waals surface area contributed by atoms with Crippen molar-refractivity contribution < 1.29 is 0 Å². The predicted octanol–water partition coefficient (Wildman–Crippen LogP) is 3.28. The highest BCUT2D eigenvalue weighted by atomic mass is 15.2. The van der Waals surface area contributed by atoms with E-state index in [-0.39, 0.29) is 0 Å². The molecule has 106 valence electrons. The predicted molar refractivity (Wildman–Crippen MR) is 78.9 cm³/mol. The second-order valence-electron chi connectivity index (χ2n) is 6.56. The van der Waals surface area contributed by atoms with Crippen molar-refractivity contribution in [3.8, 4) is 0 Å². The first kappa shape index (κ1) is 14.3. The van der Waals surface area contributed by atoms with E-state index in [4.69, 9.17) is 0 Å². The third-order valence-electron chi connectivity index (χ3n) is 4.82. The second kappa shape index (κ2) is 7.49. The van der Waals surface area contributed by atoms with Crippen molar-refractivity contribution in [2.45, 2.75) is 64.8 Å². The van der Waals surface area contributed by atoms with Gasteiger partial charge in [0, 0.05) is 12.6 Å². The van der Waals surface area contributed by atoms with Gasteiger partial charge in [0.25, 0.3) is 0 Å². The molecule has 0 amide bonds. The second-order valence-corrected chi connectivity index (χ2v) is 6.56. The molecule has 2 aliphatic rings. The number of rotatable bonds is 6. The summed E-state index contributed by atoms with van der Waals surface area (Å²) in [4.78, 5) is 2.83. The summed E-state index contributed by atoms with van der Waals surface area (Å²) in [5.41, 5.74) is 0. The Labute approximate surface area is 114 Å². The van der Waals surface area contributed by atoms with Crippen molar-refractivity contribution >= 4 is 0 Å². The Bertz CT molecular complexity index is 227. The molecule has 2 rings (SSSR count). The van der Waals surface area contributed by atoms with Crippen molar-refractivity contribution in [3.05, 3.63) is 0 Å². The van der Waals surface area contributed by atoms with E-state index in [0.29, 0.717) is 0 Å². The van der Waals surface area contributed by atoms with Gasteiger partial charge < -0.3 is 5.32 Å². The number of likely N-dealkylation sites (tertiary alicyclic amines) is 1. The smallest absolute Gasteiger partial charge is 0.0124 e. The Balaban J connectivity index is 1.76. The lowest BCUT2D eigenvalue weighted by atomic mass is 9.78. The molecule has 3 atom stereocenters. The number of nitrogens with one attached hydrogen (secondary N) is 1. The Morgan fingerprint density at radius 2 is 1.94 bits per heavy atom. The first-order chi connectivity index (χ1) is 8.81. The van der Waals surface area contributed by atoms with E-state index < -0.39 is 0 Å². The molecule has 2 fully saturated rings. The quantitative estimate of drug-likeness (QED) is 0.730. The average Bonchev–Trinajstić information content (AvgIpc) is 2.39. The Morgan fingerprint density at radius 1 is 1.17 bits per heavy atom. The Hall–Kier alpha value is -0.0800. The van der Waals surface area contributed by atoms with E-state index in [9.17, 15) is 0 Å². The molecule has 1 saturated carbocycles. The molecule has 0 spiro atoms. The Morgan fingerprint density at radius 3 is 2.78 bits per heavy atom. The van der Waals surface area contributed by atoms with Crippen LogP contribution in [0.3, 0.4) is 0 Å². The van der Waals surface area contributed by atoms with Gasteiger partial charge in [-0.15, -0.1) is 0 Å². The molecule has 1 saturated heterocycles. The largest absolute Gasteiger partial charge is 0.316 e. The highest BCUT2D eigenvalue weighted by Gasteiger charge is 2.33. The summed E-state index contributed by atoms with van der Waals surface area (Å²) in [6.07, 6.45) is 10.1. The molecule has 2 heteroatoms. The maximum Gasteiger partial charge on any atom is 0.0124 e. The molecule has 1 aliphatic carbocycles. The van der Waals surface area contributed by atoms with E-state index in [1.165, 1.54) is 71.1 Å². The molecule has 2 nitrogen and oxygen atoms in total. The van der Waals surface area contributed by atoms with Crippen molar-refractivity contribution in [1.82, 2.24) is 10.2 Å². The zero-order chi connectivity index (χ0) is 12.8. The molecule has 0 radical (unpaired) electrons. The first-order valence-electron chi connectivity index (χ1n) is 8.26. The van der Waals surface area contributed by atoms with E-state index in [1.54, 1.807) is 0 Å². The van der Waals surface area contributed by atoms with Crippen LogP contribution >= 0.6 is 0 Å². The summed E-state index contributed by atoms with van der Waals surface area (Å²) >= 11 is 0. The first-order valence-corrected chi connectivity index (χ1v) is 8.26. The van der Waals surface area contributed by atoms with Crippen molar-refractivity contribution in [2.75, 3.05) is 26.2 Å². The summed E-state index contributed by atoms with van der Waals surface area (Å²) in [5.74, 6) is 1.83. The van der Waals surface area contributed by atoms with Gasteiger partial charge in [-0.3, -0.25) is 4.90 Å². The van der Waals surface area contributed by atoms with Crippen molar-refractivity contribution in [2.24, 2.45) is 11.8 Å². The minimum atomic E-state index is 0.803. The van der Waals surface area contributed by atoms with Gasteiger partial charge in [-0.1, -0.05) is 26.7 Å². The number of fused-ring (bicyclic) bond motifs is 1. The van der Waals surface area contributed by atoms with Gasteiger partial charge in [0.05, 0.1) is 0 Å². The lowest BCUT2D eigenvalue weighted by molar-refractivity contribution is 0.0500. The van der Waals surface area contributed by atoms with Crippen LogP contribution in [0.5, 0.6) is 0 Å². The molecule has 1 aliphatic heterocycles. The van der Waals surface area contributed by atoms with Crippen LogP contribution in [0.1, 0.15) is 58.8 Å². The SMILES string of the molecule is CCCNCC(C)CN1CCC[C@H]2CCCC[C@H]21. The molecule has 0 bridgehead atoms. The fourth-order valence-electron chi connectivity index (χ4n) is 3.94. The van der Waals surface area contributed by atoms with Gasteiger partial charge in [0.15, 0.2) is 0 Å².